The van der Waals surface area contributed by atoms with E-state index in [0.717, 1.165) is 24.1 Å². The second-order valence-corrected chi connectivity index (χ2v) is 4.65. The molecule has 0 unspecified atom stereocenters. The molecule has 2 heteroatoms. The third-order valence-corrected chi connectivity index (χ3v) is 3.18. The highest BCUT2D eigenvalue weighted by molar-refractivity contribution is 5.76. The zero-order valence-electron chi connectivity index (χ0n) is 9.28. The van der Waals surface area contributed by atoms with Gasteiger partial charge in [-0.3, -0.25) is 4.79 Å². The van der Waals surface area contributed by atoms with Gasteiger partial charge in [0.25, 0.3) is 0 Å². The maximum absolute atomic E-state index is 11.2. The van der Waals surface area contributed by atoms with Crippen LogP contribution in [0.4, 0.5) is 0 Å². The molecular formula is C13H18NO+. The van der Waals surface area contributed by atoms with Gasteiger partial charge in [0.05, 0.1) is 13.1 Å². The van der Waals surface area contributed by atoms with Gasteiger partial charge < -0.3 is 4.48 Å². The van der Waals surface area contributed by atoms with Gasteiger partial charge in [0.15, 0.2) is 5.78 Å². The topological polar surface area (TPSA) is 17.1 Å². The molecule has 0 bridgehead atoms. The lowest BCUT2D eigenvalue weighted by molar-refractivity contribution is -0.968. The van der Waals surface area contributed by atoms with Gasteiger partial charge in [0.2, 0.25) is 0 Å². The second-order valence-electron chi connectivity index (χ2n) is 4.65. The Hall–Kier alpha value is -1.15. The van der Waals surface area contributed by atoms with Crippen LogP contribution in [0.15, 0.2) is 30.3 Å². The van der Waals surface area contributed by atoms with Crippen molar-refractivity contribution >= 4 is 5.78 Å². The van der Waals surface area contributed by atoms with Crippen LogP contribution in [-0.4, -0.2) is 29.9 Å². The minimum absolute atomic E-state index is 0.311. The zero-order valence-corrected chi connectivity index (χ0v) is 9.28. The van der Waals surface area contributed by atoms with E-state index in [0.29, 0.717) is 12.3 Å². The van der Waals surface area contributed by atoms with Crippen LogP contribution in [0.5, 0.6) is 0 Å². The first kappa shape index (κ1) is 10.4. The van der Waals surface area contributed by atoms with Gasteiger partial charge in [-0.05, 0) is 0 Å². The summed E-state index contributed by atoms with van der Waals surface area (Å²) in [4.78, 5) is 11.2. The van der Waals surface area contributed by atoms with E-state index in [1.807, 2.05) is 6.07 Å². The molecule has 1 saturated heterocycles. The largest absolute Gasteiger partial charge is 0.313 e. The van der Waals surface area contributed by atoms with Crippen LogP contribution in [-0.2, 0) is 11.3 Å². The molecule has 15 heavy (non-hydrogen) atoms. The summed E-state index contributed by atoms with van der Waals surface area (Å²) in [6.07, 6.45) is 1.26. The number of carbonyl (C=O) groups excluding carboxylic acids is 1. The fraction of sp³-hybridized carbons (Fsp3) is 0.462. The molecule has 1 aliphatic rings. The highest BCUT2D eigenvalue weighted by Crippen LogP contribution is 2.23. The third kappa shape index (κ3) is 2.45. The highest BCUT2D eigenvalue weighted by atomic mass is 16.1. The first-order valence-electron chi connectivity index (χ1n) is 5.59. The predicted molar refractivity (Wildman–Crippen MR) is 60.3 cm³/mol. The minimum atomic E-state index is 0.311. The summed E-state index contributed by atoms with van der Waals surface area (Å²) in [5.74, 6) is 0.311. The molecule has 2 rings (SSSR count). The molecule has 1 heterocycles. The first-order chi connectivity index (χ1) is 7.20. The van der Waals surface area contributed by atoms with Crippen molar-refractivity contribution in [3.63, 3.8) is 0 Å². The summed E-state index contributed by atoms with van der Waals surface area (Å²) in [6, 6.07) is 10.5. The molecule has 2 nitrogen and oxygen atoms in total. The quantitative estimate of drug-likeness (QED) is 0.686. The first-order valence-corrected chi connectivity index (χ1v) is 5.59. The number of Topliss-reactive ketones (excluding diaryl/α,β-unsaturated/α-hetero) is 1. The number of quaternary nitrogens is 1. The lowest BCUT2D eigenvalue weighted by Gasteiger charge is -2.45. The average Bonchev–Trinajstić information content (AvgIpc) is 2.15. The standard InChI is InChI=1S/C13H18NO/c1-12(15)10-14(8-5-9-14)11-13-6-3-2-4-7-13/h2-4,6-7H,5,8-11H2,1H3/q+1. The Bertz CT molecular complexity index is 341. The lowest BCUT2D eigenvalue weighted by atomic mass is 10.1. The zero-order chi connectivity index (χ0) is 10.7. The Kier molecular flexibility index (Phi) is 2.87. The number of ketones is 1. The van der Waals surface area contributed by atoms with Crippen LogP contribution in [0.3, 0.4) is 0 Å². The van der Waals surface area contributed by atoms with E-state index in [2.05, 4.69) is 24.3 Å². The fourth-order valence-electron chi connectivity index (χ4n) is 2.42. The molecule has 0 amide bonds. The van der Waals surface area contributed by atoms with Crippen LogP contribution >= 0.6 is 0 Å². The molecule has 80 valence electrons. The number of carbonyl (C=O) groups is 1. The summed E-state index contributed by atoms with van der Waals surface area (Å²) >= 11 is 0. The van der Waals surface area contributed by atoms with Gasteiger partial charge in [-0.2, -0.15) is 0 Å². The van der Waals surface area contributed by atoms with Crippen molar-refractivity contribution in [3.05, 3.63) is 35.9 Å². The predicted octanol–water partition coefficient (Wildman–Crippen LogP) is 2.00. The monoisotopic (exact) mass is 204 g/mol. The third-order valence-electron chi connectivity index (χ3n) is 3.18. The summed E-state index contributed by atoms with van der Waals surface area (Å²) in [7, 11) is 0. The summed E-state index contributed by atoms with van der Waals surface area (Å²) in [5.41, 5.74) is 1.35. The molecule has 0 N–H and O–H groups in total. The molecular weight excluding hydrogens is 186 g/mol. The van der Waals surface area contributed by atoms with Crippen LogP contribution in [0.2, 0.25) is 0 Å². The van der Waals surface area contributed by atoms with Crippen molar-refractivity contribution in [2.45, 2.75) is 19.9 Å². The van der Waals surface area contributed by atoms with E-state index >= 15 is 0 Å². The molecule has 1 fully saturated rings. The molecule has 1 aliphatic heterocycles. The Morgan fingerprint density at radius 1 is 1.27 bits per heavy atom. The molecule has 0 aliphatic carbocycles. The van der Waals surface area contributed by atoms with Crippen molar-refractivity contribution in [1.29, 1.82) is 0 Å². The summed E-state index contributed by atoms with van der Waals surface area (Å²) in [5, 5.41) is 0. The van der Waals surface area contributed by atoms with Gasteiger partial charge >= 0.3 is 0 Å². The molecule has 1 aromatic carbocycles. The average molecular weight is 204 g/mol. The molecule has 0 spiro atoms. The van der Waals surface area contributed by atoms with E-state index in [1.54, 1.807) is 6.92 Å². The van der Waals surface area contributed by atoms with Gasteiger partial charge in [0.1, 0.15) is 13.1 Å². The lowest BCUT2D eigenvalue weighted by Crippen LogP contribution is -2.58. The maximum atomic E-state index is 11.2. The minimum Gasteiger partial charge on any atom is -0.313 e. The van der Waals surface area contributed by atoms with Crippen molar-refractivity contribution in [1.82, 2.24) is 0 Å². The second kappa shape index (κ2) is 4.15. The highest BCUT2D eigenvalue weighted by Gasteiger charge is 2.36. The molecule has 0 saturated carbocycles. The van der Waals surface area contributed by atoms with Crippen LogP contribution < -0.4 is 0 Å². The Morgan fingerprint density at radius 2 is 1.93 bits per heavy atom. The number of rotatable bonds is 4. The van der Waals surface area contributed by atoms with E-state index in [1.165, 1.54) is 12.0 Å². The fourth-order valence-corrected chi connectivity index (χ4v) is 2.42. The van der Waals surface area contributed by atoms with Crippen molar-refractivity contribution in [2.24, 2.45) is 0 Å². The Balaban J connectivity index is 2.05. The molecule has 0 radical (unpaired) electrons. The Morgan fingerprint density at radius 3 is 2.40 bits per heavy atom. The molecule has 0 atom stereocenters. The van der Waals surface area contributed by atoms with Gasteiger partial charge in [0, 0.05) is 18.9 Å². The van der Waals surface area contributed by atoms with Gasteiger partial charge in [-0.25, -0.2) is 0 Å². The molecule has 1 aromatic rings. The van der Waals surface area contributed by atoms with E-state index in [4.69, 9.17) is 0 Å². The van der Waals surface area contributed by atoms with Crippen molar-refractivity contribution in [3.8, 4) is 0 Å². The Labute approximate surface area is 91.1 Å². The number of benzene rings is 1. The summed E-state index contributed by atoms with van der Waals surface area (Å²) in [6.45, 7) is 5.74. The number of hydrogen-bond donors (Lipinski definition) is 0. The van der Waals surface area contributed by atoms with Crippen LogP contribution in [0.25, 0.3) is 0 Å². The number of likely N-dealkylation sites (tertiary alicyclic amines) is 1. The van der Waals surface area contributed by atoms with Crippen molar-refractivity contribution in [2.75, 3.05) is 19.6 Å². The SMILES string of the molecule is CC(=O)C[N+]1(Cc2ccccc2)CCC1. The van der Waals surface area contributed by atoms with E-state index in [9.17, 15) is 4.79 Å². The van der Waals surface area contributed by atoms with E-state index < -0.39 is 0 Å². The number of nitrogens with zero attached hydrogens (tertiary/aromatic N) is 1. The van der Waals surface area contributed by atoms with Crippen molar-refractivity contribution < 1.29 is 9.28 Å². The maximum Gasteiger partial charge on any atom is 0.183 e. The number of hydrogen-bond acceptors (Lipinski definition) is 1. The van der Waals surface area contributed by atoms with Gasteiger partial charge in [-0.15, -0.1) is 0 Å². The van der Waals surface area contributed by atoms with E-state index in [-0.39, 0.29) is 0 Å². The van der Waals surface area contributed by atoms with Gasteiger partial charge in [-0.1, -0.05) is 30.3 Å². The molecule has 0 aromatic heterocycles. The van der Waals surface area contributed by atoms with Crippen LogP contribution in [0.1, 0.15) is 18.9 Å². The normalized spacial score (nSPS) is 18.2. The van der Waals surface area contributed by atoms with Crippen LogP contribution in [0, 0.1) is 0 Å². The smallest absolute Gasteiger partial charge is 0.183 e. The summed E-state index contributed by atoms with van der Waals surface area (Å²) < 4.78 is 0.972.